The number of anilines is 1. The van der Waals surface area contributed by atoms with Crippen molar-refractivity contribution in [2.24, 2.45) is 23.7 Å². The fourth-order valence-corrected chi connectivity index (χ4v) is 4.39. The van der Waals surface area contributed by atoms with Gasteiger partial charge in [0.1, 0.15) is 6.10 Å². The lowest BCUT2D eigenvalue weighted by Crippen LogP contribution is -2.35. The summed E-state index contributed by atoms with van der Waals surface area (Å²) in [5.41, 5.74) is 0.767. The van der Waals surface area contributed by atoms with Gasteiger partial charge in [-0.2, -0.15) is 0 Å². The first-order valence-corrected chi connectivity index (χ1v) is 7.70. The first-order valence-electron chi connectivity index (χ1n) is 6.90. The lowest BCUT2D eigenvalue weighted by Gasteiger charge is -2.23. The molecule has 1 aliphatic heterocycles. The van der Waals surface area contributed by atoms with Gasteiger partial charge in [0.2, 0.25) is 5.91 Å². The van der Waals surface area contributed by atoms with Crippen molar-refractivity contribution >= 4 is 33.5 Å². The number of carbonyl (C=O) groups excluding carboxylic acids is 2. The zero-order valence-electron chi connectivity index (χ0n) is 10.7. The van der Waals surface area contributed by atoms with Gasteiger partial charge in [0, 0.05) is 16.1 Å². The number of esters is 1. The van der Waals surface area contributed by atoms with E-state index in [1.165, 1.54) is 0 Å². The largest absolute Gasteiger partial charge is 0.462 e. The molecule has 0 unspecified atom stereocenters. The van der Waals surface area contributed by atoms with Crippen LogP contribution in [0.1, 0.15) is 12.8 Å². The van der Waals surface area contributed by atoms with Crippen LogP contribution in [-0.2, 0) is 14.3 Å². The van der Waals surface area contributed by atoms with Gasteiger partial charge in [-0.3, -0.25) is 9.59 Å². The van der Waals surface area contributed by atoms with Gasteiger partial charge in [-0.1, -0.05) is 15.9 Å². The number of nitrogens with one attached hydrogen (secondary N) is 1. The Kier molecular flexibility index (Phi) is 2.67. The first-order chi connectivity index (χ1) is 9.63. The highest BCUT2D eigenvalue weighted by molar-refractivity contribution is 9.10. The monoisotopic (exact) mass is 335 g/mol. The Labute approximate surface area is 125 Å². The van der Waals surface area contributed by atoms with Crippen molar-refractivity contribution in [2.45, 2.75) is 18.9 Å². The maximum absolute atomic E-state index is 12.5. The fourth-order valence-electron chi connectivity index (χ4n) is 4.12. The van der Waals surface area contributed by atoms with E-state index in [-0.39, 0.29) is 35.7 Å². The topological polar surface area (TPSA) is 55.4 Å². The molecule has 4 rings (SSSR count). The quantitative estimate of drug-likeness (QED) is 0.845. The summed E-state index contributed by atoms with van der Waals surface area (Å²) >= 11 is 3.36. The number of fused-ring (bicyclic) bond motifs is 1. The van der Waals surface area contributed by atoms with Crippen LogP contribution in [0.25, 0.3) is 0 Å². The lowest BCUT2D eigenvalue weighted by atomic mass is 9.79. The Morgan fingerprint density at radius 3 is 2.75 bits per heavy atom. The maximum Gasteiger partial charge on any atom is 0.310 e. The summed E-state index contributed by atoms with van der Waals surface area (Å²) in [5, 5.41) is 2.93. The van der Waals surface area contributed by atoms with E-state index in [0.29, 0.717) is 5.92 Å². The van der Waals surface area contributed by atoms with E-state index in [1.807, 2.05) is 24.3 Å². The smallest absolute Gasteiger partial charge is 0.310 e. The molecule has 1 amide bonds. The van der Waals surface area contributed by atoms with Crippen LogP contribution in [-0.4, -0.2) is 18.0 Å². The third-order valence-corrected chi connectivity index (χ3v) is 5.43. The molecule has 2 saturated carbocycles. The molecule has 0 radical (unpaired) electrons. The molecular weight excluding hydrogens is 322 g/mol. The van der Waals surface area contributed by atoms with Crippen molar-refractivity contribution in [2.75, 3.05) is 5.32 Å². The molecule has 2 bridgehead atoms. The Morgan fingerprint density at radius 1 is 1.25 bits per heavy atom. The molecule has 4 nitrogen and oxygen atoms in total. The average molecular weight is 336 g/mol. The Bertz CT molecular complexity index is 583. The molecule has 2 aliphatic carbocycles. The summed E-state index contributed by atoms with van der Waals surface area (Å²) in [6, 6.07) is 7.47. The van der Waals surface area contributed by atoms with Crippen LogP contribution < -0.4 is 5.32 Å². The number of carbonyl (C=O) groups is 2. The van der Waals surface area contributed by atoms with Crippen LogP contribution in [0, 0.1) is 23.7 Å². The molecule has 0 spiro atoms. The molecule has 3 fully saturated rings. The molecule has 1 N–H and O–H groups in total. The highest BCUT2D eigenvalue weighted by atomic mass is 79.9. The van der Waals surface area contributed by atoms with Crippen LogP contribution in [0.4, 0.5) is 5.69 Å². The van der Waals surface area contributed by atoms with Crippen LogP contribution >= 0.6 is 15.9 Å². The number of halogens is 1. The predicted octanol–water partition coefficient (Wildman–Crippen LogP) is 2.59. The zero-order chi connectivity index (χ0) is 13.9. The van der Waals surface area contributed by atoms with Crippen LogP contribution in [0.3, 0.4) is 0 Å². The van der Waals surface area contributed by atoms with Gasteiger partial charge in [0.05, 0.1) is 11.8 Å². The summed E-state index contributed by atoms with van der Waals surface area (Å²) in [6.45, 7) is 0. The summed E-state index contributed by atoms with van der Waals surface area (Å²) in [5.74, 6) is -0.0627. The summed E-state index contributed by atoms with van der Waals surface area (Å²) in [4.78, 5) is 24.4. The number of hydrogen-bond donors (Lipinski definition) is 1. The second-order valence-electron chi connectivity index (χ2n) is 5.92. The van der Waals surface area contributed by atoms with Gasteiger partial charge < -0.3 is 10.1 Å². The Balaban J connectivity index is 1.54. The third-order valence-electron chi connectivity index (χ3n) is 4.90. The molecule has 1 heterocycles. The van der Waals surface area contributed by atoms with E-state index in [2.05, 4.69) is 21.2 Å². The van der Waals surface area contributed by atoms with E-state index in [4.69, 9.17) is 4.74 Å². The van der Waals surface area contributed by atoms with Gasteiger partial charge >= 0.3 is 5.97 Å². The molecule has 3 aliphatic rings. The minimum atomic E-state index is -0.214. The van der Waals surface area contributed by atoms with E-state index in [0.717, 1.165) is 23.0 Å². The zero-order valence-corrected chi connectivity index (χ0v) is 12.3. The minimum Gasteiger partial charge on any atom is -0.462 e. The highest BCUT2D eigenvalue weighted by Gasteiger charge is 2.63. The summed E-state index contributed by atoms with van der Waals surface area (Å²) in [7, 11) is 0. The minimum absolute atomic E-state index is 0.0397. The molecule has 1 saturated heterocycles. The lowest BCUT2D eigenvalue weighted by molar-refractivity contribution is -0.145. The third kappa shape index (κ3) is 1.72. The van der Waals surface area contributed by atoms with Gasteiger partial charge in [-0.15, -0.1) is 0 Å². The van der Waals surface area contributed by atoms with Crippen molar-refractivity contribution < 1.29 is 14.3 Å². The fraction of sp³-hybridized carbons (Fsp3) is 0.467. The van der Waals surface area contributed by atoms with Gasteiger partial charge in [-0.25, -0.2) is 0 Å². The number of benzene rings is 1. The average Bonchev–Trinajstić information content (AvgIpc) is 3.02. The van der Waals surface area contributed by atoms with Gasteiger partial charge in [-0.05, 0) is 43.0 Å². The molecule has 0 aromatic heterocycles. The van der Waals surface area contributed by atoms with E-state index >= 15 is 0 Å². The highest BCUT2D eigenvalue weighted by Crippen LogP contribution is 2.57. The molecule has 1 aromatic rings. The van der Waals surface area contributed by atoms with Crippen molar-refractivity contribution in [1.29, 1.82) is 0 Å². The number of rotatable bonds is 2. The second-order valence-corrected chi connectivity index (χ2v) is 6.83. The van der Waals surface area contributed by atoms with E-state index < -0.39 is 0 Å². The van der Waals surface area contributed by atoms with Crippen molar-refractivity contribution in [3.8, 4) is 0 Å². The molecule has 104 valence electrons. The Hall–Kier alpha value is -1.36. The van der Waals surface area contributed by atoms with Gasteiger partial charge in [0.15, 0.2) is 0 Å². The number of amides is 1. The Morgan fingerprint density at radius 2 is 2.00 bits per heavy atom. The SMILES string of the molecule is O=C(Nc1ccc(Br)cc1)[C@@H]1[C@@H]2C[C@@H]3[C@H]1C(=O)O[C@@H]3C2. The molecule has 20 heavy (non-hydrogen) atoms. The maximum atomic E-state index is 12.5. The van der Waals surface area contributed by atoms with Gasteiger partial charge in [0.25, 0.3) is 0 Å². The first kappa shape index (κ1) is 12.4. The number of ether oxygens (including phenoxy) is 1. The molecule has 5 heteroatoms. The van der Waals surface area contributed by atoms with Crippen LogP contribution in [0.5, 0.6) is 0 Å². The molecular formula is C15H14BrNO3. The normalized spacial score (nSPS) is 37.0. The predicted molar refractivity (Wildman–Crippen MR) is 75.8 cm³/mol. The standard InChI is InChI=1S/C15H14BrNO3/c16-8-1-3-9(4-2-8)17-14(18)12-7-5-10-11(6-7)20-15(19)13(10)12/h1-4,7,10-13H,5-6H2,(H,17,18)/t7-,10+,11-,12-,13-/m1/s1. The molecule has 5 atom stereocenters. The van der Waals surface area contributed by atoms with Crippen LogP contribution in [0.15, 0.2) is 28.7 Å². The molecule has 1 aromatic carbocycles. The van der Waals surface area contributed by atoms with E-state index in [1.54, 1.807) is 0 Å². The van der Waals surface area contributed by atoms with Crippen molar-refractivity contribution in [3.63, 3.8) is 0 Å². The summed E-state index contributed by atoms with van der Waals surface area (Å²) in [6.07, 6.45) is 1.89. The summed E-state index contributed by atoms with van der Waals surface area (Å²) < 4.78 is 6.33. The number of hydrogen-bond acceptors (Lipinski definition) is 3. The van der Waals surface area contributed by atoms with Crippen LogP contribution in [0.2, 0.25) is 0 Å². The van der Waals surface area contributed by atoms with Crippen molar-refractivity contribution in [3.05, 3.63) is 28.7 Å². The van der Waals surface area contributed by atoms with E-state index in [9.17, 15) is 9.59 Å². The second kappa shape index (κ2) is 4.32. The van der Waals surface area contributed by atoms with Crippen molar-refractivity contribution in [1.82, 2.24) is 0 Å².